The molecule has 2 heterocycles. The van der Waals surface area contributed by atoms with Crippen LogP contribution < -0.4 is 5.32 Å². The van der Waals surface area contributed by atoms with Crippen LogP contribution in [0.4, 0.5) is 0 Å². The molecule has 4 heteroatoms. The van der Waals surface area contributed by atoms with Gasteiger partial charge in [0.25, 0.3) is 0 Å². The van der Waals surface area contributed by atoms with Crippen molar-refractivity contribution < 1.29 is 4.74 Å². The Bertz CT molecular complexity index is 325. The number of rotatable bonds is 4. The lowest BCUT2D eigenvalue weighted by Crippen LogP contribution is -2.51. The van der Waals surface area contributed by atoms with E-state index in [4.69, 9.17) is 4.74 Å². The highest BCUT2D eigenvalue weighted by Gasteiger charge is 2.42. The van der Waals surface area contributed by atoms with Gasteiger partial charge in [0.15, 0.2) is 0 Å². The highest BCUT2D eigenvalue weighted by Crippen LogP contribution is 2.40. The van der Waals surface area contributed by atoms with E-state index in [9.17, 15) is 0 Å². The number of ether oxygens (including phenoxy) is 1. The van der Waals surface area contributed by atoms with Crippen molar-refractivity contribution in [2.75, 3.05) is 31.7 Å². The predicted octanol–water partition coefficient (Wildman–Crippen LogP) is 2.89. The van der Waals surface area contributed by atoms with E-state index in [1.54, 1.807) is 0 Å². The lowest BCUT2D eigenvalue weighted by atomic mass is 9.85. The van der Waals surface area contributed by atoms with Crippen molar-refractivity contribution in [2.24, 2.45) is 0 Å². The van der Waals surface area contributed by atoms with E-state index in [0.29, 0.717) is 0 Å². The Labute approximate surface area is 134 Å². The van der Waals surface area contributed by atoms with Gasteiger partial charge < -0.3 is 15.0 Å². The van der Waals surface area contributed by atoms with Crippen LogP contribution in [0.2, 0.25) is 0 Å². The smallest absolute Gasteiger partial charge is 0.0795 e. The summed E-state index contributed by atoms with van der Waals surface area (Å²) in [6.07, 6.45) is 9.22. The van der Waals surface area contributed by atoms with Crippen LogP contribution in [0.25, 0.3) is 0 Å². The zero-order valence-corrected chi connectivity index (χ0v) is 14.6. The predicted molar refractivity (Wildman–Crippen MR) is 91.1 cm³/mol. The van der Waals surface area contributed by atoms with Crippen LogP contribution in [0, 0.1) is 0 Å². The topological polar surface area (TPSA) is 24.5 Å². The van der Waals surface area contributed by atoms with Crippen LogP contribution in [0.5, 0.6) is 0 Å². The van der Waals surface area contributed by atoms with Crippen molar-refractivity contribution in [3.63, 3.8) is 0 Å². The lowest BCUT2D eigenvalue weighted by molar-refractivity contribution is -0.0930. The summed E-state index contributed by atoms with van der Waals surface area (Å²) >= 11 is 2.08. The normalized spacial score (nSPS) is 41.0. The van der Waals surface area contributed by atoms with Gasteiger partial charge in [0.1, 0.15) is 0 Å². The Morgan fingerprint density at radius 2 is 2.00 bits per heavy atom. The second-order valence-electron chi connectivity index (χ2n) is 7.21. The summed E-state index contributed by atoms with van der Waals surface area (Å²) < 4.78 is 6.19. The largest absolute Gasteiger partial charge is 0.374 e. The molecule has 1 saturated carbocycles. The molecule has 3 aliphatic rings. The summed E-state index contributed by atoms with van der Waals surface area (Å²) in [5, 5.41) is 3.62. The maximum Gasteiger partial charge on any atom is 0.0795 e. The number of hydrogen-bond donors (Lipinski definition) is 1. The molecule has 2 atom stereocenters. The van der Waals surface area contributed by atoms with Gasteiger partial charge in [0.2, 0.25) is 0 Å². The summed E-state index contributed by atoms with van der Waals surface area (Å²) in [6.45, 7) is 4.31. The summed E-state index contributed by atoms with van der Waals surface area (Å²) in [6, 6.07) is 2.32. The van der Waals surface area contributed by atoms with Gasteiger partial charge in [-0.1, -0.05) is 6.92 Å². The van der Waals surface area contributed by atoms with Gasteiger partial charge in [0.05, 0.1) is 5.60 Å². The molecule has 1 spiro atoms. The molecular weight excluding hydrogens is 280 g/mol. The minimum Gasteiger partial charge on any atom is -0.374 e. The number of nitrogens with one attached hydrogen (secondary N) is 1. The Morgan fingerprint density at radius 3 is 2.67 bits per heavy atom. The van der Waals surface area contributed by atoms with Crippen LogP contribution in [0.15, 0.2) is 0 Å². The monoisotopic (exact) mass is 312 g/mol. The van der Waals surface area contributed by atoms with Crippen LogP contribution in [0.3, 0.4) is 0 Å². The second-order valence-corrected chi connectivity index (χ2v) is 8.31. The maximum absolute atomic E-state index is 6.19. The van der Waals surface area contributed by atoms with E-state index in [0.717, 1.165) is 31.3 Å². The van der Waals surface area contributed by atoms with E-state index in [1.807, 2.05) is 0 Å². The SMILES string of the molecule is CCNC1CCC(N(C)C2CCOC3(CCSC3)C2)CC1. The van der Waals surface area contributed by atoms with E-state index in [1.165, 1.54) is 56.5 Å². The third-order valence-electron chi connectivity index (χ3n) is 5.88. The first-order chi connectivity index (χ1) is 10.2. The van der Waals surface area contributed by atoms with Gasteiger partial charge in [0, 0.05) is 30.5 Å². The molecule has 2 unspecified atom stereocenters. The fourth-order valence-corrected chi connectivity index (χ4v) is 5.87. The van der Waals surface area contributed by atoms with Crippen molar-refractivity contribution in [2.45, 2.75) is 75.6 Å². The fourth-order valence-electron chi connectivity index (χ4n) is 4.49. The average Bonchev–Trinajstić information content (AvgIpc) is 2.95. The fraction of sp³-hybridized carbons (Fsp3) is 1.00. The molecule has 0 amide bonds. The summed E-state index contributed by atoms with van der Waals surface area (Å²) in [5.41, 5.74) is 0.225. The average molecular weight is 313 g/mol. The first kappa shape index (κ1) is 16.1. The van der Waals surface area contributed by atoms with Gasteiger partial charge in [-0.3, -0.25) is 0 Å². The molecule has 0 radical (unpaired) electrons. The van der Waals surface area contributed by atoms with Gasteiger partial charge in [-0.2, -0.15) is 11.8 Å². The molecule has 122 valence electrons. The molecule has 0 aromatic heterocycles. The molecule has 1 aliphatic carbocycles. The van der Waals surface area contributed by atoms with Crippen molar-refractivity contribution in [1.82, 2.24) is 10.2 Å². The van der Waals surface area contributed by atoms with E-state index in [2.05, 4.69) is 35.9 Å². The molecular formula is C17H32N2OS. The molecule has 1 N–H and O–H groups in total. The minimum atomic E-state index is 0.225. The molecule has 0 aromatic rings. The zero-order chi connectivity index (χ0) is 14.7. The highest BCUT2D eigenvalue weighted by atomic mass is 32.2. The standard InChI is InChI=1S/C17H32N2OS/c1-3-18-14-4-6-15(7-5-14)19(2)16-8-10-20-17(12-16)9-11-21-13-17/h14-16,18H,3-13H2,1-2H3. The summed E-state index contributed by atoms with van der Waals surface area (Å²) in [4.78, 5) is 2.72. The Balaban J connectivity index is 1.52. The zero-order valence-electron chi connectivity index (χ0n) is 13.8. The minimum absolute atomic E-state index is 0.225. The number of thioether (sulfide) groups is 1. The molecule has 3 fully saturated rings. The Hall–Kier alpha value is 0.230. The van der Waals surface area contributed by atoms with E-state index in [-0.39, 0.29) is 5.60 Å². The van der Waals surface area contributed by atoms with Crippen LogP contribution in [-0.2, 0) is 4.74 Å². The van der Waals surface area contributed by atoms with Gasteiger partial charge >= 0.3 is 0 Å². The Kier molecular flexibility index (Phi) is 5.52. The van der Waals surface area contributed by atoms with Gasteiger partial charge in [-0.05, 0) is 64.3 Å². The number of hydrogen-bond acceptors (Lipinski definition) is 4. The summed E-state index contributed by atoms with van der Waals surface area (Å²) in [7, 11) is 2.38. The third kappa shape index (κ3) is 3.77. The third-order valence-corrected chi connectivity index (χ3v) is 7.10. The van der Waals surface area contributed by atoms with Gasteiger partial charge in [-0.25, -0.2) is 0 Å². The number of nitrogens with zero attached hydrogens (tertiary/aromatic N) is 1. The maximum atomic E-state index is 6.19. The quantitative estimate of drug-likeness (QED) is 0.863. The first-order valence-corrected chi connectivity index (χ1v) is 10.0. The van der Waals surface area contributed by atoms with Crippen LogP contribution in [-0.4, -0.2) is 60.3 Å². The second kappa shape index (κ2) is 7.20. The van der Waals surface area contributed by atoms with Crippen molar-refractivity contribution in [3.8, 4) is 0 Å². The molecule has 3 rings (SSSR count). The molecule has 2 aliphatic heterocycles. The summed E-state index contributed by atoms with van der Waals surface area (Å²) in [5.74, 6) is 2.52. The molecule has 21 heavy (non-hydrogen) atoms. The van der Waals surface area contributed by atoms with Crippen molar-refractivity contribution in [3.05, 3.63) is 0 Å². The highest BCUT2D eigenvalue weighted by molar-refractivity contribution is 7.99. The molecule has 0 aromatic carbocycles. The molecule has 3 nitrogen and oxygen atoms in total. The van der Waals surface area contributed by atoms with E-state index >= 15 is 0 Å². The van der Waals surface area contributed by atoms with Crippen LogP contribution >= 0.6 is 11.8 Å². The van der Waals surface area contributed by atoms with Crippen molar-refractivity contribution >= 4 is 11.8 Å². The molecule has 2 saturated heterocycles. The van der Waals surface area contributed by atoms with Crippen LogP contribution in [0.1, 0.15) is 51.9 Å². The van der Waals surface area contributed by atoms with Gasteiger partial charge in [-0.15, -0.1) is 0 Å². The Morgan fingerprint density at radius 1 is 1.19 bits per heavy atom. The van der Waals surface area contributed by atoms with E-state index < -0.39 is 0 Å². The molecule has 0 bridgehead atoms. The first-order valence-electron chi connectivity index (χ1n) is 8.89. The lowest BCUT2D eigenvalue weighted by Gasteiger charge is -2.45. The van der Waals surface area contributed by atoms with Crippen molar-refractivity contribution in [1.29, 1.82) is 0 Å².